The SMILES string of the molecule is CC1(C)CCCN(c2ncccc2[N+](=O)[O-])C1. The molecule has 5 nitrogen and oxygen atoms in total. The van der Waals surface area contributed by atoms with Gasteiger partial charge in [-0.15, -0.1) is 0 Å². The molecular weight excluding hydrogens is 218 g/mol. The van der Waals surface area contributed by atoms with Gasteiger partial charge in [-0.25, -0.2) is 4.98 Å². The van der Waals surface area contributed by atoms with E-state index in [-0.39, 0.29) is 16.0 Å². The molecule has 1 aliphatic rings. The van der Waals surface area contributed by atoms with Gasteiger partial charge in [0.1, 0.15) is 0 Å². The zero-order valence-corrected chi connectivity index (χ0v) is 10.2. The number of hydrogen-bond acceptors (Lipinski definition) is 4. The molecule has 0 unspecified atom stereocenters. The summed E-state index contributed by atoms with van der Waals surface area (Å²) in [6, 6.07) is 3.13. The minimum atomic E-state index is -0.357. The Morgan fingerprint density at radius 3 is 2.94 bits per heavy atom. The van der Waals surface area contributed by atoms with E-state index in [0.717, 1.165) is 25.9 Å². The normalized spacial score (nSPS) is 19.1. The number of nitrogens with zero attached hydrogens (tertiary/aromatic N) is 3. The lowest BCUT2D eigenvalue weighted by Gasteiger charge is -2.38. The van der Waals surface area contributed by atoms with E-state index in [1.165, 1.54) is 6.07 Å². The Kier molecular flexibility index (Phi) is 3.00. The van der Waals surface area contributed by atoms with Crippen LogP contribution >= 0.6 is 0 Å². The van der Waals surface area contributed by atoms with Crippen molar-refractivity contribution >= 4 is 11.5 Å². The number of nitro groups is 1. The maximum atomic E-state index is 11.0. The molecule has 1 saturated heterocycles. The smallest absolute Gasteiger partial charge is 0.311 e. The Morgan fingerprint density at radius 1 is 1.53 bits per heavy atom. The van der Waals surface area contributed by atoms with Crippen LogP contribution in [-0.2, 0) is 0 Å². The Balaban J connectivity index is 2.30. The predicted molar refractivity (Wildman–Crippen MR) is 66.1 cm³/mol. The zero-order chi connectivity index (χ0) is 12.5. The van der Waals surface area contributed by atoms with Crippen LogP contribution in [-0.4, -0.2) is 23.0 Å². The summed E-state index contributed by atoms with van der Waals surface area (Å²) in [6.45, 7) is 6.05. The minimum absolute atomic E-state index is 0.102. The second-order valence-electron chi connectivity index (χ2n) is 5.29. The fourth-order valence-electron chi connectivity index (χ4n) is 2.38. The van der Waals surface area contributed by atoms with Gasteiger partial charge in [0.2, 0.25) is 5.82 Å². The first-order valence-electron chi connectivity index (χ1n) is 5.84. The maximum Gasteiger partial charge on any atom is 0.311 e. The third-order valence-corrected chi connectivity index (χ3v) is 3.16. The summed E-state index contributed by atoms with van der Waals surface area (Å²) < 4.78 is 0. The van der Waals surface area contributed by atoms with E-state index in [9.17, 15) is 10.1 Å². The summed E-state index contributed by atoms with van der Waals surface area (Å²) in [5.41, 5.74) is 0.300. The van der Waals surface area contributed by atoms with Gasteiger partial charge < -0.3 is 4.90 Å². The van der Waals surface area contributed by atoms with Gasteiger partial charge in [0.15, 0.2) is 0 Å². The Hall–Kier alpha value is -1.65. The lowest BCUT2D eigenvalue weighted by atomic mass is 9.84. The lowest BCUT2D eigenvalue weighted by Crippen LogP contribution is -2.40. The number of piperidine rings is 1. The van der Waals surface area contributed by atoms with E-state index in [4.69, 9.17) is 0 Å². The summed E-state index contributed by atoms with van der Waals surface area (Å²) in [5, 5.41) is 11.0. The van der Waals surface area contributed by atoms with E-state index >= 15 is 0 Å². The summed E-state index contributed by atoms with van der Waals surface area (Å²) in [5.74, 6) is 0.505. The lowest BCUT2D eigenvalue weighted by molar-refractivity contribution is -0.384. The third-order valence-electron chi connectivity index (χ3n) is 3.16. The molecule has 0 spiro atoms. The number of aromatic nitrogens is 1. The third kappa shape index (κ3) is 2.54. The molecule has 17 heavy (non-hydrogen) atoms. The van der Waals surface area contributed by atoms with E-state index in [2.05, 4.69) is 18.8 Å². The quantitative estimate of drug-likeness (QED) is 0.584. The van der Waals surface area contributed by atoms with Crippen LogP contribution in [0.1, 0.15) is 26.7 Å². The molecule has 0 radical (unpaired) electrons. The first-order chi connectivity index (χ1) is 7.99. The van der Waals surface area contributed by atoms with Gasteiger partial charge in [-0.3, -0.25) is 10.1 Å². The summed E-state index contributed by atoms with van der Waals surface area (Å²) in [4.78, 5) is 16.8. The van der Waals surface area contributed by atoms with Crippen LogP contribution in [0, 0.1) is 15.5 Å². The fourth-order valence-corrected chi connectivity index (χ4v) is 2.38. The highest BCUT2D eigenvalue weighted by molar-refractivity contribution is 5.57. The molecule has 1 aromatic rings. The van der Waals surface area contributed by atoms with Gasteiger partial charge in [-0.1, -0.05) is 13.8 Å². The van der Waals surface area contributed by atoms with Crippen molar-refractivity contribution in [1.29, 1.82) is 0 Å². The van der Waals surface area contributed by atoms with Crippen LogP contribution in [0.15, 0.2) is 18.3 Å². The minimum Gasteiger partial charge on any atom is -0.350 e. The Morgan fingerprint density at radius 2 is 2.29 bits per heavy atom. The van der Waals surface area contributed by atoms with Crippen molar-refractivity contribution in [2.24, 2.45) is 5.41 Å². The topological polar surface area (TPSA) is 59.3 Å². The van der Waals surface area contributed by atoms with Crippen molar-refractivity contribution in [3.8, 4) is 0 Å². The van der Waals surface area contributed by atoms with Crippen molar-refractivity contribution in [2.75, 3.05) is 18.0 Å². The predicted octanol–water partition coefficient (Wildman–Crippen LogP) is 2.62. The molecule has 1 fully saturated rings. The maximum absolute atomic E-state index is 11.0. The van der Waals surface area contributed by atoms with E-state index in [1.54, 1.807) is 12.3 Å². The molecule has 0 bridgehead atoms. The van der Waals surface area contributed by atoms with Crippen molar-refractivity contribution in [1.82, 2.24) is 4.98 Å². The van der Waals surface area contributed by atoms with Crippen molar-refractivity contribution in [2.45, 2.75) is 26.7 Å². The Bertz CT molecular complexity index is 432. The molecule has 2 heterocycles. The molecule has 5 heteroatoms. The second-order valence-corrected chi connectivity index (χ2v) is 5.29. The fraction of sp³-hybridized carbons (Fsp3) is 0.583. The number of anilines is 1. The number of pyridine rings is 1. The summed E-state index contributed by atoms with van der Waals surface area (Å²) in [7, 11) is 0. The number of rotatable bonds is 2. The van der Waals surface area contributed by atoms with Gasteiger partial charge >= 0.3 is 5.69 Å². The van der Waals surface area contributed by atoms with Crippen LogP contribution in [0.25, 0.3) is 0 Å². The molecule has 0 atom stereocenters. The highest BCUT2D eigenvalue weighted by atomic mass is 16.6. The average molecular weight is 235 g/mol. The highest BCUT2D eigenvalue weighted by Gasteiger charge is 2.30. The average Bonchev–Trinajstić information content (AvgIpc) is 2.27. The molecule has 92 valence electrons. The van der Waals surface area contributed by atoms with Crippen LogP contribution < -0.4 is 4.90 Å². The van der Waals surface area contributed by atoms with Crippen molar-refractivity contribution in [3.63, 3.8) is 0 Å². The van der Waals surface area contributed by atoms with Crippen LogP contribution in [0.5, 0.6) is 0 Å². The van der Waals surface area contributed by atoms with E-state index < -0.39 is 0 Å². The first kappa shape index (κ1) is 11.8. The van der Waals surface area contributed by atoms with Crippen LogP contribution in [0.2, 0.25) is 0 Å². The van der Waals surface area contributed by atoms with Crippen molar-refractivity contribution < 1.29 is 4.92 Å². The monoisotopic (exact) mass is 235 g/mol. The molecular formula is C12H17N3O2. The standard InChI is InChI=1S/C12H17N3O2/c1-12(2)6-4-8-14(9-12)11-10(15(16)17)5-3-7-13-11/h3,5,7H,4,6,8-9H2,1-2H3. The van der Waals surface area contributed by atoms with Crippen LogP contribution in [0.3, 0.4) is 0 Å². The largest absolute Gasteiger partial charge is 0.350 e. The molecule has 0 N–H and O–H groups in total. The molecule has 0 saturated carbocycles. The van der Waals surface area contributed by atoms with Crippen molar-refractivity contribution in [3.05, 3.63) is 28.4 Å². The van der Waals surface area contributed by atoms with E-state index in [1.807, 2.05) is 4.90 Å². The molecule has 0 aromatic carbocycles. The van der Waals surface area contributed by atoms with Gasteiger partial charge in [0, 0.05) is 25.4 Å². The molecule has 1 aromatic heterocycles. The zero-order valence-electron chi connectivity index (χ0n) is 10.2. The summed E-state index contributed by atoms with van der Waals surface area (Å²) >= 11 is 0. The summed E-state index contributed by atoms with van der Waals surface area (Å²) in [6.07, 6.45) is 3.83. The Labute approximate surface area is 101 Å². The molecule has 1 aliphatic heterocycles. The number of hydrogen-bond donors (Lipinski definition) is 0. The molecule has 0 amide bonds. The van der Waals surface area contributed by atoms with Crippen LogP contribution in [0.4, 0.5) is 11.5 Å². The highest BCUT2D eigenvalue weighted by Crippen LogP contribution is 2.34. The van der Waals surface area contributed by atoms with Gasteiger partial charge in [0.05, 0.1) is 4.92 Å². The molecule has 0 aliphatic carbocycles. The van der Waals surface area contributed by atoms with Gasteiger partial charge in [-0.05, 0) is 24.3 Å². The first-order valence-corrected chi connectivity index (χ1v) is 5.84. The van der Waals surface area contributed by atoms with Gasteiger partial charge in [0.25, 0.3) is 0 Å². The van der Waals surface area contributed by atoms with E-state index in [0.29, 0.717) is 5.82 Å². The molecule has 2 rings (SSSR count). The second kappa shape index (κ2) is 4.31. The van der Waals surface area contributed by atoms with Gasteiger partial charge in [-0.2, -0.15) is 0 Å².